The minimum Gasteiger partial charge on any atom is -0.489 e. The standard InChI is InChI=1S/C32H37IN4O/c1-4-37(5-2)21-9-10-24(3)34-32-29-22-27(33)16-19-30(29)35-31(36-32)20-15-25-13-17-28(18-14-25)38-23-26-11-7-6-8-12-26/h6-8,11-20,22,24H,4-5,9-10,21,23H2,1-3H3,(H,34,35,36)/b20-15+. The van der Waals surface area contributed by atoms with Crippen LogP contribution in [0.3, 0.4) is 0 Å². The van der Waals surface area contributed by atoms with Crippen molar-refractivity contribution in [2.75, 3.05) is 25.0 Å². The SMILES string of the molecule is CCN(CC)CCCC(C)Nc1nc(/C=C/c2ccc(OCc3ccccc3)cc2)nc2ccc(I)cc12. The largest absolute Gasteiger partial charge is 0.489 e. The van der Waals surface area contributed by atoms with Gasteiger partial charge in [-0.25, -0.2) is 9.97 Å². The van der Waals surface area contributed by atoms with Gasteiger partial charge < -0.3 is 15.0 Å². The highest BCUT2D eigenvalue weighted by Crippen LogP contribution is 2.25. The molecule has 5 nitrogen and oxygen atoms in total. The van der Waals surface area contributed by atoms with Gasteiger partial charge in [0.15, 0.2) is 5.82 Å². The molecule has 0 saturated carbocycles. The highest BCUT2D eigenvalue weighted by molar-refractivity contribution is 14.1. The van der Waals surface area contributed by atoms with Crippen LogP contribution >= 0.6 is 22.6 Å². The van der Waals surface area contributed by atoms with Gasteiger partial charge in [-0.3, -0.25) is 0 Å². The predicted molar refractivity (Wildman–Crippen MR) is 169 cm³/mol. The average molecular weight is 621 g/mol. The zero-order chi connectivity index (χ0) is 26.7. The number of nitrogens with one attached hydrogen (secondary N) is 1. The van der Waals surface area contributed by atoms with E-state index in [1.165, 1.54) is 3.57 Å². The van der Waals surface area contributed by atoms with Crippen LogP contribution < -0.4 is 10.1 Å². The lowest BCUT2D eigenvalue weighted by Gasteiger charge is -2.20. The maximum absolute atomic E-state index is 5.91. The van der Waals surface area contributed by atoms with Gasteiger partial charge in [0, 0.05) is 15.0 Å². The van der Waals surface area contributed by atoms with E-state index in [-0.39, 0.29) is 0 Å². The molecule has 0 aliphatic rings. The van der Waals surface area contributed by atoms with E-state index in [2.05, 4.69) is 96.0 Å². The van der Waals surface area contributed by atoms with Gasteiger partial charge in [-0.2, -0.15) is 0 Å². The lowest BCUT2D eigenvalue weighted by Crippen LogP contribution is -2.25. The molecule has 1 aromatic heterocycles. The van der Waals surface area contributed by atoms with Crippen molar-refractivity contribution >= 4 is 51.5 Å². The maximum atomic E-state index is 5.91. The van der Waals surface area contributed by atoms with Crippen molar-refractivity contribution in [1.82, 2.24) is 14.9 Å². The van der Waals surface area contributed by atoms with E-state index in [9.17, 15) is 0 Å². The summed E-state index contributed by atoms with van der Waals surface area (Å²) in [5.41, 5.74) is 3.17. The molecule has 4 aromatic rings. The Balaban J connectivity index is 1.44. The average Bonchev–Trinajstić information content (AvgIpc) is 2.94. The van der Waals surface area contributed by atoms with E-state index in [0.29, 0.717) is 18.5 Å². The number of aromatic nitrogens is 2. The molecule has 1 atom stereocenters. The number of fused-ring (bicyclic) bond motifs is 1. The molecule has 38 heavy (non-hydrogen) atoms. The van der Waals surface area contributed by atoms with Gasteiger partial charge in [-0.1, -0.05) is 62.4 Å². The fraction of sp³-hybridized carbons (Fsp3) is 0.312. The van der Waals surface area contributed by atoms with Gasteiger partial charge in [0.05, 0.1) is 5.52 Å². The molecule has 0 aliphatic heterocycles. The van der Waals surface area contributed by atoms with Gasteiger partial charge in [0.2, 0.25) is 0 Å². The van der Waals surface area contributed by atoms with Crippen LogP contribution in [0.4, 0.5) is 5.82 Å². The number of ether oxygens (including phenoxy) is 1. The van der Waals surface area contributed by atoms with Crippen LogP contribution in [0.1, 0.15) is 50.6 Å². The number of nitrogens with zero attached hydrogens (tertiary/aromatic N) is 3. The van der Waals surface area contributed by atoms with Crippen LogP contribution in [-0.4, -0.2) is 40.5 Å². The van der Waals surface area contributed by atoms with Crippen molar-refractivity contribution in [3.63, 3.8) is 0 Å². The Morgan fingerprint density at radius 2 is 1.71 bits per heavy atom. The van der Waals surface area contributed by atoms with Crippen LogP contribution in [0.5, 0.6) is 5.75 Å². The summed E-state index contributed by atoms with van der Waals surface area (Å²) in [5.74, 6) is 2.44. The Bertz CT molecular complexity index is 1320. The number of hydrogen-bond donors (Lipinski definition) is 1. The van der Waals surface area contributed by atoms with Crippen LogP contribution in [0.25, 0.3) is 23.1 Å². The summed E-state index contributed by atoms with van der Waals surface area (Å²) in [6.07, 6.45) is 6.28. The van der Waals surface area contributed by atoms with Gasteiger partial charge >= 0.3 is 0 Å². The Morgan fingerprint density at radius 1 is 0.947 bits per heavy atom. The molecule has 3 aromatic carbocycles. The van der Waals surface area contributed by atoms with E-state index in [0.717, 1.165) is 66.1 Å². The molecule has 0 fully saturated rings. The molecule has 1 unspecified atom stereocenters. The monoisotopic (exact) mass is 620 g/mol. The quantitative estimate of drug-likeness (QED) is 0.154. The molecule has 0 bridgehead atoms. The zero-order valence-corrected chi connectivity index (χ0v) is 24.7. The number of halogens is 1. The zero-order valence-electron chi connectivity index (χ0n) is 22.5. The summed E-state index contributed by atoms with van der Waals surface area (Å²) in [4.78, 5) is 12.2. The van der Waals surface area contributed by atoms with Gasteiger partial charge in [-0.15, -0.1) is 0 Å². The van der Waals surface area contributed by atoms with E-state index < -0.39 is 0 Å². The first kappa shape index (κ1) is 28.0. The molecule has 0 amide bonds. The summed E-state index contributed by atoms with van der Waals surface area (Å²) in [5, 5.41) is 4.73. The van der Waals surface area contributed by atoms with E-state index in [4.69, 9.17) is 14.7 Å². The molecule has 4 rings (SSSR count). The lowest BCUT2D eigenvalue weighted by molar-refractivity contribution is 0.295. The predicted octanol–water partition coefficient (Wildman–Crippen LogP) is 7.91. The molecule has 0 radical (unpaired) electrons. The molecule has 1 heterocycles. The highest BCUT2D eigenvalue weighted by Gasteiger charge is 2.11. The third-order valence-electron chi connectivity index (χ3n) is 6.62. The third-order valence-corrected chi connectivity index (χ3v) is 7.29. The molecule has 0 spiro atoms. The molecular formula is C32H37IN4O. The molecule has 0 aliphatic carbocycles. The minimum absolute atomic E-state index is 0.321. The first-order valence-corrected chi connectivity index (χ1v) is 14.5. The Labute approximate surface area is 240 Å². The Hall–Kier alpha value is -2.97. The van der Waals surface area contributed by atoms with E-state index >= 15 is 0 Å². The first-order chi connectivity index (χ1) is 18.5. The van der Waals surface area contributed by atoms with Crippen LogP contribution in [0.15, 0.2) is 72.8 Å². The van der Waals surface area contributed by atoms with Crippen molar-refractivity contribution in [2.45, 2.75) is 46.3 Å². The summed E-state index contributed by atoms with van der Waals surface area (Å²) < 4.78 is 7.09. The normalized spacial score (nSPS) is 12.3. The van der Waals surface area contributed by atoms with Crippen molar-refractivity contribution < 1.29 is 4.74 Å². The second kappa shape index (κ2) is 14.3. The summed E-state index contributed by atoms with van der Waals surface area (Å²) in [7, 11) is 0. The van der Waals surface area contributed by atoms with Crippen LogP contribution in [0.2, 0.25) is 0 Å². The summed E-state index contributed by atoms with van der Waals surface area (Å²) in [6.45, 7) is 10.6. The molecule has 6 heteroatoms. The van der Waals surface area contributed by atoms with Crippen molar-refractivity contribution in [3.05, 3.63) is 93.3 Å². The topological polar surface area (TPSA) is 50.3 Å². The van der Waals surface area contributed by atoms with E-state index in [1.54, 1.807) is 0 Å². The van der Waals surface area contributed by atoms with Crippen LogP contribution in [-0.2, 0) is 6.61 Å². The van der Waals surface area contributed by atoms with Gasteiger partial charge in [0.25, 0.3) is 0 Å². The van der Waals surface area contributed by atoms with Gasteiger partial charge in [-0.05, 0) is 110 Å². The number of rotatable bonds is 13. The third kappa shape index (κ3) is 8.27. The van der Waals surface area contributed by atoms with Crippen molar-refractivity contribution in [3.8, 4) is 5.75 Å². The summed E-state index contributed by atoms with van der Waals surface area (Å²) in [6, 6.07) is 24.9. The first-order valence-electron chi connectivity index (χ1n) is 13.4. The Kier molecular flexibility index (Phi) is 10.5. The van der Waals surface area contributed by atoms with Crippen molar-refractivity contribution in [2.24, 2.45) is 0 Å². The number of benzene rings is 3. The second-order valence-corrected chi connectivity index (χ2v) is 10.7. The minimum atomic E-state index is 0.321. The highest BCUT2D eigenvalue weighted by atomic mass is 127. The van der Waals surface area contributed by atoms with Crippen LogP contribution in [0, 0.1) is 3.57 Å². The molecule has 0 saturated heterocycles. The molecule has 1 N–H and O–H groups in total. The number of hydrogen-bond acceptors (Lipinski definition) is 5. The molecular weight excluding hydrogens is 583 g/mol. The summed E-state index contributed by atoms with van der Waals surface area (Å²) >= 11 is 2.35. The van der Waals surface area contributed by atoms with Gasteiger partial charge in [0.1, 0.15) is 18.2 Å². The number of anilines is 1. The van der Waals surface area contributed by atoms with E-state index in [1.807, 2.05) is 42.5 Å². The lowest BCUT2D eigenvalue weighted by atomic mass is 10.1. The Morgan fingerprint density at radius 3 is 2.45 bits per heavy atom. The van der Waals surface area contributed by atoms with Crippen molar-refractivity contribution in [1.29, 1.82) is 0 Å². The smallest absolute Gasteiger partial charge is 0.154 e. The maximum Gasteiger partial charge on any atom is 0.154 e. The molecule has 198 valence electrons. The fourth-order valence-electron chi connectivity index (χ4n) is 4.36. The fourth-order valence-corrected chi connectivity index (χ4v) is 4.85. The second-order valence-electron chi connectivity index (χ2n) is 9.48.